The van der Waals surface area contributed by atoms with Crippen LogP contribution >= 0.6 is 0 Å². The zero-order chi connectivity index (χ0) is 20.5. The molecule has 6 nitrogen and oxygen atoms in total. The summed E-state index contributed by atoms with van der Waals surface area (Å²) in [5, 5.41) is 8.37. The fourth-order valence-corrected chi connectivity index (χ4v) is 3.05. The molecule has 0 radical (unpaired) electrons. The minimum absolute atomic E-state index is 0.0694. The van der Waals surface area contributed by atoms with Gasteiger partial charge in [-0.2, -0.15) is 10.2 Å². The summed E-state index contributed by atoms with van der Waals surface area (Å²) in [7, 11) is 3.92. The number of carbonyl (C=O) groups is 2. The van der Waals surface area contributed by atoms with Crippen LogP contribution in [0.1, 0.15) is 20.7 Å². The average molecular weight is 388 g/mol. The molecular weight excluding hydrogens is 371 g/mol. The first-order valence-electron chi connectivity index (χ1n) is 8.91. The lowest BCUT2D eigenvalue weighted by molar-refractivity contribution is 0.0926. The van der Waals surface area contributed by atoms with Gasteiger partial charge in [-0.05, 0) is 66.7 Å². The number of fused-ring (bicyclic) bond motifs is 1. The van der Waals surface area contributed by atoms with Crippen LogP contribution in [-0.2, 0) is 0 Å². The Kier molecular flexibility index (Phi) is 4.64. The fourth-order valence-electron chi connectivity index (χ4n) is 3.05. The van der Waals surface area contributed by atoms with E-state index in [1.807, 2.05) is 43.3 Å². The molecule has 0 atom stereocenters. The second-order valence-corrected chi connectivity index (χ2v) is 6.76. The van der Waals surface area contributed by atoms with Crippen LogP contribution in [0.25, 0.3) is 0 Å². The molecule has 2 amide bonds. The van der Waals surface area contributed by atoms with Crippen molar-refractivity contribution in [3.8, 4) is 0 Å². The van der Waals surface area contributed by atoms with Gasteiger partial charge in [0.25, 0.3) is 11.8 Å². The van der Waals surface area contributed by atoms with E-state index in [9.17, 15) is 14.0 Å². The summed E-state index contributed by atoms with van der Waals surface area (Å²) in [5.74, 6) is -1.57. The molecule has 3 aromatic rings. The maximum Gasteiger partial charge on any atom is 0.266 e. The molecule has 0 saturated heterocycles. The molecule has 4 rings (SSSR count). The fraction of sp³-hybridized carbons (Fsp3) is 0.0909. The van der Waals surface area contributed by atoms with Crippen molar-refractivity contribution < 1.29 is 14.0 Å². The third-order valence-corrected chi connectivity index (χ3v) is 4.60. The quantitative estimate of drug-likeness (QED) is 0.461. The lowest BCUT2D eigenvalue weighted by Crippen LogP contribution is -2.29. The summed E-state index contributed by atoms with van der Waals surface area (Å²) >= 11 is 0. The van der Waals surface area contributed by atoms with Gasteiger partial charge in [0, 0.05) is 19.8 Å². The normalized spacial score (nSPS) is 13.3. The molecule has 144 valence electrons. The van der Waals surface area contributed by atoms with Crippen LogP contribution in [0.3, 0.4) is 0 Å². The highest BCUT2D eigenvalue weighted by Gasteiger charge is 2.36. The first-order chi connectivity index (χ1) is 13.9. The van der Waals surface area contributed by atoms with Crippen LogP contribution in [0.5, 0.6) is 0 Å². The van der Waals surface area contributed by atoms with Crippen molar-refractivity contribution in [1.82, 2.24) is 0 Å². The van der Waals surface area contributed by atoms with Crippen molar-refractivity contribution in [1.29, 1.82) is 0 Å². The van der Waals surface area contributed by atoms with E-state index in [1.165, 1.54) is 12.1 Å². The molecule has 3 aromatic carbocycles. The maximum absolute atomic E-state index is 13.4. The number of hydrogen-bond donors (Lipinski definition) is 0. The van der Waals surface area contributed by atoms with Crippen LogP contribution in [0.15, 0.2) is 77.0 Å². The lowest BCUT2D eigenvalue weighted by atomic mass is 10.1. The predicted molar refractivity (Wildman–Crippen MR) is 109 cm³/mol. The molecule has 1 aliphatic heterocycles. The van der Waals surface area contributed by atoms with Gasteiger partial charge in [0.05, 0.1) is 28.2 Å². The molecule has 7 heteroatoms. The van der Waals surface area contributed by atoms with E-state index in [2.05, 4.69) is 10.2 Å². The van der Waals surface area contributed by atoms with E-state index in [0.717, 1.165) is 16.7 Å². The van der Waals surface area contributed by atoms with Gasteiger partial charge >= 0.3 is 0 Å². The molecule has 0 saturated carbocycles. The van der Waals surface area contributed by atoms with Crippen LogP contribution in [-0.4, -0.2) is 25.9 Å². The number of carbonyl (C=O) groups excluding carboxylic acids is 2. The minimum Gasteiger partial charge on any atom is -0.378 e. The highest BCUT2D eigenvalue weighted by molar-refractivity contribution is 6.34. The van der Waals surface area contributed by atoms with Gasteiger partial charge in [0.15, 0.2) is 0 Å². The monoisotopic (exact) mass is 388 g/mol. The SMILES string of the molecule is CN(C)c1ccc(N=Nc2ccc(N3C(=O)c4ccc(F)cc4C3=O)cc2)cc1. The van der Waals surface area contributed by atoms with E-state index < -0.39 is 17.6 Å². The second kappa shape index (κ2) is 7.27. The molecule has 0 bridgehead atoms. The standard InChI is InChI=1S/C22H17FN4O2/c1-26(2)17-8-4-15(5-9-17)24-25-16-6-10-18(11-7-16)27-21(28)19-12-3-14(23)13-20(19)22(27)29/h3-13H,1-2H3. The van der Waals surface area contributed by atoms with Gasteiger partial charge in [-0.1, -0.05) is 0 Å². The van der Waals surface area contributed by atoms with Crippen LogP contribution in [0.4, 0.5) is 27.1 Å². The molecule has 0 spiro atoms. The molecule has 0 fully saturated rings. The van der Waals surface area contributed by atoms with Crippen molar-refractivity contribution in [2.24, 2.45) is 10.2 Å². The molecule has 29 heavy (non-hydrogen) atoms. The van der Waals surface area contributed by atoms with Crippen LogP contribution in [0.2, 0.25) is 0 Å². The Balaban J connectivity index is 1.52. The van der Waals surface area contributed by atoms with Crippen molar-refractivity contribution in [3.05, 3.63) is 83.7 Å². The third-order valence-electron chi connectivity index (χ3n) is 4.60. The van der Waals surface area contributed by atoms with Crippen LogP contribution in [0, 0.1) is 5.82 Å². The first kappa shape index (κ1) is 18.5. The van der Waals surface area contributed by atoms with Crippen LogP contribution < -0.4 is 9.80 Å². The summed E-state index contributed by atoms with van der Waals surface area (Å²) in [4.78, 5) is 28.1. The Morgan fingerprint density at radius 1 is 0.759 bits per heavy atom. The van der Waals surface area contributed by atoms with Gasteiger partial charge < -0.3 is 4.90 Å². The number of rotatable bonds is 4. The summed E-state index contributed by atoms with van der Waals surface area (Å²) < 4.78 is 13.4. The molecular formula is C22H17FN4O2. The predicted octanol–water partition coefficient (Wildman–Crippen LogP) is 5.11. The lowest BCUT2D eigenvalue weighted by Gasteiger charge is -2.13. The number of halogens is 1. The van der Waals surface area contributed by atoms with E-state index >= 15 is 0 Å². The van der Waals surface area contributed by atoms with E-state index in [1.54, 1.807) is 24.3 Å². The average Bonchev–Trinajstić information content (AvgIpc) is 2.97. The second-order valence-electron chi connectivity index (χ2n) is 6.76. The topological polar surface area (TPSA) is 65.3 Å². The summed E-state index contributed by atoms with van der Waals surface area (Å²) in [5.41, 5.74) is 3.01. The van der Waals surface area contributed by atoms with E-state index in [0.29, 0.717) is 17.1 Å². The smallest absolute Gasteiger partial charge is 0.266 e. The van der Waals surface area contributed by atoms with Crippen molar-refractivity contribution in [2.75, 3.05) is 23.9 Å². The number of azo groups is 1. The van der Waals surface area contributed by atoms with Gasteiger partial charge in [0.1, 0.15) is 5.82 Å². The highest BCUT2D eigenvalue weighted by Crippen LogP contribution is 2.30. The molecule has 1 heterocycles. The summed E-state index contributed by atoms with van der Waals surface area (Å²) in [6.45, 7) is 0. The zero-order valence-corrected chi connectivity index (χ0v) is 15.8. The zero-order valence-electron chi connectivity index (χ0n) is 15.8. The summed E-state index contributed by atoms with van der Waals surface area (Å²) in [6.07, 6.45) is 0. The molecule has 0 N–H and O–H groups in total. The number of amides is 2. The Bertz CT molecular complexity index is 1120. The Morgan fingerprint density at radius 3 is 1.90 bits per heavy atom. The Hall–Kier alpha value is -3.87. The molecule has 0 aromatic heterocycles. The van der Waals surface area contributed by atoms with Gasteiger partial charge in [-0.25, -0.2) is 9.29 Å². The Morgan fingerprint density at radius 2 is 1.31 bits per heavy atom. The molecule has 0 unspecified atom stereocenters. The summed E-state index contributed by atoms with van der Waals surface area (Å²) in [6, 6.07) is 17.8. The molecule has 0 aliphatic carbocycles. The number of imide groups is 1. The van der Waals surface area contributed by atoms with Gasteiger partial charge in [0.2, 0.25) is 0 Å². The minimum atomic E-state index is -0.555. The Labute approximate surface area is 166 Å². The highest BCUT2D eigenvalue weighted by atomic mass is 19.1. The van der Waals surface area contributed by atoms with Crippen molar-refractivity contribution in [2.45, 2.75) is 0 Å². The number of anilines is 2. The first-order valence-corrected chi connectivity index (χ1v) is 8.91. The van der Waals surface area contributed by atoms with E-state index in [4.69, 9.17) is 0 Å². The number of hydrogen-bond acceptors (Lipinski definition) is 5. The van der Waals surface area contributed by atoms with Crippen molar-refractivity contribution in [3.63, 3.8) is 0 Å². The maximum atomic E-state index is 13.4. The largest absolute Gasteiger partial charge is 0.378 e. The third kappa shape index (κ3) is 3.50. The van der Waals surface area contributed by atoms with Gasteiger partial charge in [-0.3, -0.25) is 9.59 Å². The number of benzene rings is 3. The molecule has 1 aliphatic rings. The number of nitrogens with zero attached hydrogens (tertiary/aromatic N) is 4. The van der Waals surface area contributed by atoms with E-state index in [-0.39, 0.29) is 11.1 Å². The van der Waals surface area contributed by atoms with Crippen molar-refractivity contribution >= 4 is 34.6 Å². The van der Waals surface area contributed by atoms with Gasteiger partial charge in [-0.15, -0.1) is 0 Å².